The van der Waals surface area contributed by atoms with Crippen molar-refractivity contribution in [3.8, 4) is 0 Å². The van der Waals surface area contributed by atoms with Gasteiger partial charge in [0.05, 0.1) is 5.25 Å². The molecule has 0 unspecified atom stereocenters. The summed E-state index contributed by atoms with van der Waals surface area (Å²) >= 11 is 0. The summed E-state index contributed by atoms with van der Waals surface area (Å²) in [7, 11) is -4.25. The first-order chi connectivity index (χ1) is 5.68. The van der Waals surface area contributed by atoms with Crippen LogP contribution in [0.1, 0.15) is 40.0 Å². The third-order valence-corrected chi connectivity index (χ3v) is 3.67. The Labute approximate surface area is 79.7 Å². The van der Waals surface area contributed by atoms with Crippen LogP contribution in [0.4, 0.5) is 3.89 Å². The standard InChI is InChI=1S/C9H17FO2S/c1-9(2,3)6-7-4-8(5-7)13(10,11)12/h7-8H,4-6H2,1-3H3. The van der Waals surface area contributed by atoms with E-state index in [1.54, 1.807) is 0 Å². The minimum absolute atomic E-state index is 0.218. The first-order valence-electron chi connectivity index (χ1n) is 4.62. The predicted molar refractivity (Wildman–Crippen MR) is 50.6 cm³/mol. The summed E-state index contributed by atoms with van der Waals surface area (Å²) < 4.78 is 33.3. The van der Waals surface area contributed by atoms with Crippen molar-refractivity contribution >= 4 is 10.2 Å². The minimum atomic E-state index is -4.25. The summed E-state index contributed by atoms with van der Waals surface area (Å²) in [6.45, 7) is 6.35. The summed E-state index contributed by atoms with van der Waals surface area (Å²) in [6, 6.07) is 0. The monoisotopic (exact) mass is 208 g/mol. The Morgan fingerprint density at radius 3 is 2.08 bits per heavy atom. The number of hydrogen-bond donors (Lipinski definition) is 0. The maximum Gasteiger partial charge on any atom is 0.305 e. The molecule has 0 radical (unpaired) electrons. The summed E-state index contributed by atoms with van der Waals surface area (Å²) in [5.41, 5.74) is 0.218. The van der Waals surface area contributed by atoms with Gasteiger partial charge in [0.1, 0.15) is 0 Å². The van der Waals surface area contributed by atoms with Crippen molar-refractivity contribution in [1.29, 1.82) is 0 Å². The molecule has 1 rings (SSSR count). The molecule has 0 spiro atoms. The molecule has 1 fully saturated rings. The fraction of sp³-hybridized carbons (Fsp3) is 1.00. The van der Waals surface area contributed by atoms with Gasteiger partial charge in [-0.1, -0.05) is 20.8 Å². The van der Waals surface area contributed by atoms with Gasteiger partial charge in [0.15, 0.2) is 0 Å². The van der Waals surface area contributed by atoms with E-state index in [9.17, 15) is 12.3 Å². The lowest BCUT2D eigenvalue weighted by molar-refractivity contribution is 0.207. The first-order valence-corrected chi connectivity index (χ1v) is 6.06. The molecule has 0 N–H and O–H groups in total. The molecule has 0 bridgehead atoms. The highest BCUT2D eigenvalue weighted by atomic mass is 32.3. The average molecular weight is 208 g/mol. The molecule has 78 valence electrons. The lowest BCUT2D eigenvalue weighted by Gasteiger charge is -2.36. The number of halogens is 1. The lowest BCUT2D eigenvalue weighted by Crippen LogP contribution is -2.35. The zero-order chi connectivity index (χ0) is 10.3. The molecule has 2 nitrogen and oxygen atoms in total. The van der Waals surface area contributed by atoms with Gasteiger partial charge in [0.25, 0.3) is 0 Å². The van der Waals surface area contributed by atoms with Crippen molar-refractivity contribution in [2.75, 3.05) is 0 Å². The van der Waals surface area contributed by atoms with Crippen molar-refractivity contribution in [3.05, 3.63) is 0 Å². The van der Waals surface area contributed by atoms with Gasteiger partial charge in [-0.2, -0.15) is 8.42 Å². The number of hydrogen-bond acceptors (Lipinski definition) is 2. The Kier molecular flexibility index (Phi) is 2.72. The van der Waals surface area contributed by atoms with E-state index in [1.807, 2.05) is 0 Å². The van der Waals surface area contributed by atoms with Gasteiger partial charge < -0.3 is 0 Å². The summed E-state index contributed by atoms with van der Waals surface area (Å²) in [4.78, 5) is 0. The van der Waals surface area contributed by atoms with Crippen molar-refractivity contribution in [2.45, 2.75) is 45.3 Å². The predicted octanol–water partition coefficient (Wildman–Crippen LogP) is 2.50. The van der Waals surface area contributed by atoms with Gasteiger partial charge in [-0.25, -0.2) is 0 Å². The molecule has 0 heterocycles. The van der Waals surface area contributed by atoms with E-state index < -0.39 is 15.5 Å². The zero-order valence-corrected chi connectivity index (χ0v) is 9.20. The fourth-order valence-electron chi connectivity index (χ4n) is 1.94. The van der Waals surface area contributed by atoms with Gasteiger partial charge in [-0.15, -0.1) is 3.89 Å². The van der Waals surface area contributed by atoms with Crippen molar-refractivity contribution < 1.29 is 12.3 Å². The molecule has 1 saturated carbocycles. The highest BCUT2D eigenvalue weighted by Gasteiger charge is 2.40. The lowest BCUT2D eigenvalue weighted by atomic mass is 9.74. The van der Waals surface area contributed by atoms with E-state index in [1.165, 1.54) is 0 Å². The van der Waals surface area contributed by atoms with Crippen LogP contribution < -0.4 is 0 Å². The van der Waals surface area contributed by atoms with E-state index in [4.69, 9.17) is 0 Å². The Hall–Kier alpha value is -0.120. The third kappa shape index (κ3) is 3.25. The molecule has 13 heavy (non-hydrogen) atoms. The quantitative estimate of drug-likeness (QED) is 0.653. The smallest absolute Gasteiger partial charge is 0.195 e. The van der Waals surface area contributed by atoms with Crippen LogP contribution in [-0.4, -0.2) is 13.7 Å². The molecule has 1 aliphatic rings. The Balaban J connectivity index is 2.35. The fourth-order valence-corrected chi connectivity index (χ4v) is 2.94. The van der Waals surface area contributed by atoms with Gasteiger partial charge in [0.2, 0.25) is 0 Å². The van der Waals surface area contributed by atoms with Crippen LogP contribution in [0.2, 0.25) is 0 Å². The molecule has 0 saturated heterocycles. The minimum Gasteiger partial charge on any atom is -0.195 e. The van der Waals surface area contributed by atoms with E-state index in [0.29, 0.717) is 18.8 Å². The van der Waals surface area contributed by atoms with E-state index in [0.717, 1.165) is 6.42 Å². The summed E-state index contributed by atoms with van der Waals surface area (Å²) in [5, 5.41) is -0.708. The molecule has 0 aliphatic heterocycles. The maximum absolute atomic E-state index is 12.4. The van der Waals surface area contributed by atoms with Crippen LogP contribution in [0.3, 0.4) is 0 Å². The van der Waals surface area contributed by atoms with Crippen LogP contribution >= 0.6 is 0 Å². The van der Waals surface area contributed by atoms with E-state index in [-0.39, 0.29) is 5.41 Å². The normalized spacial score (nSPS) is 29.8. The molecule has 1 aliphatic carbocycles. The Morgan fingerprint density at radius 1 is 1.31 bits per heavy atom. The molecule has 0 aromatic carbocycles. The van der Waals surface area contributed by atoms with Gasteiger partial charge >= 0.3 is 10.2 Å². The van der Waals surface area contributed by atoms with Crippen molar-refractivity contribution in [3.63, 3.8) is 0 Å². The molecular formula is C9H17FO2S. The van der Waals surface area contributed by atoms with E-state index in [2.05, 4.69) is 20.8 Å². The zero-order valence-electron chi connectivity index (χ0n) is 8.38. The van der Waals surface area contributed by atoms with Crippen LogP contribution in [0.15, 0.2) is 0 Å². The molecule has 0 amide bonds. The molecular weight excluding hydrogens is 191 g/mol. The second-order valence-corrected chi connectivity index (χ2v) is 6.82. The first kappa shape index (κ1) is 11.0. The summed E-state index contributed by atoms with van der Waals surface area (Å²) in [6.07, 6.45) is 2.01. The van der Waals surface area contributed by atoms with Crippen molar-refractivity contribution in [2.24, 2.45) is 11.3 Å². The van der Waals surface area contributed by atoms with Gasteiger partial charge in [0, 0.05) is 0 Å². The Bertz CT molecular complexity index is 270. The van der Waals surface area contributed by atoms with Crippen LogP contribution in [0, 0.1) is 11.3 Å². The third-order valence-electron chi connectivity index (χ3n) is 2.49. The largest absolute Gasteiger partial charge is 0.305 e. The number of rotatable bonds is 2. The topological polar surface area (TPSA) is 34.1 Å². The van der Waals surface area contributed by atoms with Gasteiger partial charge in [-0.05, 0) is 30.6 Å². The van der Waals surface area contributed by atoms with Gasteiger partial charge in [-0.3, -0.25) is 0 Å². The maximum atomic E-state index is 12.4. The second-order valence-electron chi connectivity index (χ2n) is 5.20. The average Bonchev–Trinajstić information content (AvgIpc) is 1.71. The highest BCUT2D eigenvalue weighted by Crippen LogP contribution is 2.40. The SMILES string of the molecule is CC(C)(C)CC1CC(S(=O)(=O)F)C1. The molecule has 4 heteroatoms. The Morgan fingerprint density at radius 2 is 1.77 bits per heavy atom. The molecule has 0 atom stereocenters. The summed E-state index contributed by atoms with van der Waals surface area (Å²) in [5.74, 6) is 0.399. The van der Waals surface area contributed by atoms with E-state index >= 15 is 0 Å². The van der Waals surface area contributed by atoms with Crippen LogP contribution in [0.25, 0.3) is 0 Å². The second kappa shape index (κ2) is 3.23. The molecule has 0 aromatic heterocycles. The van der Waals surface area contributed by atoms with Crippen molar-refractivity contribution in [1.82, 2.24) is 0 Å². The highest BCUT2D eigenvalue weighted by molar-refractivity contribution is 7.87. The molecule has 0 aromatic rings. The van der Waals surface area contributed by atoms with Crippen LogP contribution in [-0.2, 0) is 10.2 Å². The van der Waals surface area contributed by atoms with Crippen LogP contribution in [0.5, 0.6) is 0 Å².